The van der Waals surface area contributed by atoms with Crippen molar-refractivity contribution < 1.29 is 9.18 Å². The number of amides is 1. The van der Waals surface area contributed by atoms with Crippen molar-refractivity contribution >= 4 is 11.6 Å². The van der Waals surface area contributed by atoms with Crippen LogP contribution in [0, 0.1) is 12.7 Å². The summed E-state index contributed by atoms with van der Waals surface area (Å²) in [5.41, 5.74) is 3.39. The quantitative estimate of drug-likeness (QED) is 0.709. The van der Waals surface area contributed by atoms with Crippen molar-refractivity contribution in [3.8, 4) is 16.9 Å². The van der Waals surface area contributed by atoms with Gasteiger partial charge in [0.25, 0.3) is 0 Å². The average molecular weight is 350 g/mol. The lowest BCUT2D eigenvalue weighted by Gasteiger charge is -2.16. The van der Waals surface area contributed by atoms with Crippen LogP contribution in [0.4, 0.5) is 10.1 Å². The molecule has 0 saturated carbocycles. The van der Waals surface area contributed by atoms with Crippen LogP contribution in [0.3, 0.4) is 0 Å². The number of hydrogen-bond acceptors (Lipinski definition) is 3. The van der Waals surface area contributed by atoms with Gasteiger partial charge in [-0.25, -0.2) is 9.37 Å². The van der Waals surface area contributed by atoms with Gasteiger partial charge in [0.1, 0.15) is 5.82 Å². The van der Waals surface area contributed by atoms with E-state index in [1.165, 1.54) is 6.20 Å². The fourth-order valence-electron chi connectivity index (χ4n) is 3.56. The average Bonchev–Trinajstić information content (AvgIpc) is 3.08. The molecule has 0 saturated heterocycles. The van der Waals surface area contributed by atoms with E-state index in [9.17, 15) is 9.18 Å². The van der Waals surface area contributed by atoms with E-state index < -0.39 is 11.2 Å². The summed E-state index contributed by atoms with van der Waals surface area (Å²) in [6.07, 6.45) is 4.54. The molecule has 26 heavy (non-hydrogen) atoms. The standard InChI is InChI=1S/C20H19FN4O/c1-12-23-16(11-25(12)17-7-8-22-10-15(17)21)13-5-6-14-18(9-13)24(4)19(26)20(14,2)3/h5-11H,1-4H3. The van der Waals surface area contributed by atoms with Gasteiger partial charge in [0.05, 0.1) is 23.0 Å². The van der Waals surface area contributed by atoms with E-state index in [2.05, 4.69) is 9.97 Å². The lowest BCUT2D eigenvalue weighted by molar-refractivity contribution is -0.121. The highest BCUT2D eigenvalue weighted by molar-refractivity contribution is 6.07. The van der Waals surface area contributed by atoms with Crippen LogP contribution in [0.15, 0.2) is 42.9 Å². The molecule has 0 spiro atoms. The number of fused-ring (bicyclic) bond motifs is 1. The van der Waals surface area contributed by atoms with Gasteiger partial charge in [0.15, 0.2) is 5.82 Å². The maximum Gasteiger partial charge on any atom is 0.236 e. The SMILES string of the molecule is Cc1nc(-c2ccc3c(c2)N(C)C(=O)C3(C)C)cn1-c1ccncc1F. The Labute approximate surface area is 151 Å². The number of imidazole rings is 1. The first kappa shape index (κ1) is 16.4. The van der Waals surface area contributed by atoms with Crippen molar-refractivity contribution in [1.82, 2.24) is 14.5 Å². The minimum absolute atomic E-state index is 0.0743. The molecule has 1 aliphatic rings. The summed E-state index contributed by atoms with van der Waals surface area (Å²) in [5, 5.41) is 0. The number of benzene rings is 1. The highest BCUT2D eigenvalue weighted by atomic mass is 19.1. The van der Waals surface area contributed by atoms with Crippen LogP contribution in [-0.2, 0) is 10.2 Å². The Balaban J connectivity index is 1.81. The first-order chi connectivity index (χ1) is 12.3. The molecule has 0 N–H and O–H groups in total. The first-order valence-corrected chi connectivity index (χ1v) is 8.39. The van der Waals surface area contributed by atoms with Gasteiger partial charge in [-0.3, -0.25) is 9.78 Å². The molecule has 1 aliphatic heterocycles. The molecule has 1 amide bonds. The van der Waals surface area contributed by atoms with Gasteiger partial charge in [-0.1, -0.05) is 12.1 Å². The van der Waals surface area contributed by atoms with Crippen molar-refractivity contribution in [2.24, 2.45) is 0 Å². The Morgan fingerprint density at radius 3 is 2.65 bits per heavy atom. The molecule has 4 rings (SSSR count). The van der Waals surface area contributed by atoms with Crippen LogP contribution in [0.2, 0.25) is 0 Å². The Morgan fingerprint density at radius 2 is 1.92 bits per heavy atom. The van der Waals surface area contributed by atoms with Crippen LogP contribution in [0.25, 0.3) is 16.9 Å². The van der Waals surface area contributed by atoms with Crippen LogP contribution in [-0.4, -0.2) is 27.5 Å². The summed E-state index contributed by atoms with van der Waals surface area (Å²) in [6.45, 7) is 5.69. The molecule has 0 radical (unpaired) electrons. The van der Waals surface area contributed by atoms with Crippen molar-refractivity contribution in [3.63, 3.8) is 0 Å². The minimum Gasteiger partial charge on any atom is -0.314 e. The molecular weight excluding hydrogens is 331 g/mol. The fraction of sp³-hybridized carbons (Fsp3) is 0.250. The van der Waals surface area contributed by atoms with E-state index >= 15 is 0 Å². The number of carbonyl (C=O) groups excluding carboxylic acids is 1. The zero-order chi connectivity index (χ0) is 18.6. The maximum absolute atomic E-state index is 14.1. The number of nitrogens with zero attached hydrogens (tertiary/aromatic N) is 4. The number of anilines is 1. The van der Waals surface area contributed by atoms with Crippen molar-refractivity contribution in [2.45, 2.75) is 26.2 Å². The van der Waals surface area contributed by atoms with E-state index in [-0.39, 0.29) is 5.91 Å². The normalized spacial score (nSPS) is 15.4. The number of aromatic nitrogens is 3. The lowest BCUT2D eigenvalue weighted by atomic mass is 9.86. The summed E-state index contributed by atoms with van der Waals surface area (Å²) >= 11 is 0. The van der Waals surface area contributed by atoms with Crippen LogP contribution in [0.5, 0.6) is 0 Å². The highest BCUT2D eigenvalue weighted by Gasteiger charge is 2.42. The van der Waals surface area contributed by atoms with E-state index in [0.29, 0.717) is 11.5 Å². The van der Waals surface area contributed by atoms with E-state index in [1.807, 2.05) is 39.0 Å². The number of rotatable bonds is 2. The number of halogens is 1. The smallest absolute Gasteiger partial charge is 0.236 e. The monoisotopic (exact) mass is 350 g/mol. The van der Waals surface area contributed by atoms with E-state index in [0.717, 1.165) is 22.5 Å². The largest absolute Gasteiger partial charge is 0.314 e. The molecule has 6 heteroatoms. The van der Waals surface area contributed by atoms with Crippen molar-refractivity contribution in [2.75, 3.05) is 11.9 Å². The molecule has 0 fully saturated rings. The third-order valence-electron chi connectivity index (χ3n) is 5.06. The number of likely N-dealkylation sites (N-methyl/N-ethyl adjacent to an activating group) is 1. The Hall–Kier alpha value is -3.02. The zero-order valence-corrected chi connectivity index (χ0v) is 15.1. The number of carbonyl (C=O) groups is 1. The van der Waals surface area contributed by atoms with E-state index in [4.69, 9.17) is 0 Å². The Bertz CT molecular complexity index is 1040. The van der Waals surface area contributed by atoms with E-state index in [1.54, 1.807) is 35.0 Å². The van der Waals surface area contributed by atoms with Gasteiger partial charge in [-0.15, -0.1) is 0 Å². The number of pyridine rings is 1. The van der Waals surface area contributed by atoms with Gasteiger partial charge in [-0.2, -0.15) is 0 Å². The fourth-order valence-corrected chi connectivity index (χ4v) is 3.56. The summed E-state index contributed by atoms with van der Waals surface area (Å²) in [7, 11) is 1.79. The molecule has 132 valence electrons. The van der Waals surface area contributed by atoms with Gasteiger partial charge in [0, 0.05) is 30.7 Å². The third-order valence-corrected chi connectivity index (χ3v) is 5.06. The van der Waals surface area contributed by atoms with Crippen molar-refractivity contribution in [1.29, 1.82) is 0 Å². The lowest BCUT2D eigenvalue weighted by Crippen LogP contribution is -2.33. The molecule has 0 aliphatic carbocycles. The predicted molar refractivity (Wildman–Crippen MR) is 97.9 cm³/mol. The van der Waals surface area contributed by atoms with Crippen LogP contribution in [0.1, 0.15) is 25.2 Å². The molecule has 5 nitrogen and oxygen atoms in total. The molecular formula is C20H19FN4O. The van der Waals surface area contributed by atoms with Gasteiger partial charge < -0.3 is 9.47 Å². The highest BCUT2D eigenvalue weighted by Crippen LogP contribution is 2.42. The molecule has 2 aromatic heterocycles. The second-order valence-corrected chi connectivity index (χ2v) is 7.09. The summed E-state index contributed by atoms with van der Waals surface area (Å²) in [5.74, 6) is 0.348. The van der Waals surface area contributed by atoms with Crippen molar-refractivity contribution in [3.05, 3.63) is 60.1 Å². The molecule has 3 heterocycles. The summed E-state index contributed by atoms with van der Waals surface area (Å²) in [4.78, 5) is 22.5. The van der Waals surface area contributed by atoms with Gasteiger partial charge in [-0.05, 0) is 38.5 Å². The van der Waals surface area contributed by atoms with Gasteiger partial charge >= 0.3 is 0 Å². The molecule has 0 unspecified atom stereocenters. The predicted octanol–water partition coefficient (Wildman–Crippen LogP) is 3.64. The zero-order valence-electron chi connectivity index (χ0n) is 15.1. The maximum atomic E-state index is 14.1. The third kappa shape index (κ3) is 2.25. The van der Waals surface area contributed by atoms with Crippen LogP contribution < -0.4 is 4.90 Å². The topological polar surface area (TPSA) is 51.0 Å². The Morgan fingerprint density at radius 1 is 1.15 bits per heavy atom. The Kier molecular flexibility index (Phi) is 3.47. The minimum atomic E-state index is -0.530. The second kappa shape index (κ2) is 5.49. The molecule has 3 aromatic rings. The first-order valence-electron chi connectivity index (χ1n) is 8.39. The number of hydrogen-bond donors (Lipinski definition) is 0. The molecule has 0 bridgehead atoms. The van der Waals surface area contributed by atoms with Crippen LogP contribution >= 0.6 is 0 Å². The second-order valence-electron chi connectivity index (χ2n) is 7.09. The van der Waals surface area contributed by atoms with Gasteiger partial charge in [0.2, 0.25) is 5.91 Å². The number of aryl methyl sites for hydroxylation is 1. The summed E-state index contributed by atoms with van der Waals surface area (Å²) < 4.78 is 15.8. The molecule has 0 atom stereocenters. The summed E-state index contributed by atoms with van der Waals surface area (Å²) in [6, 6.07) is 7.53. The molecule has 1 aromatic carbocycles.